The minimum absolute atomic E-state index is 1.31. The lowest BCUT2D eigenvalue weighted by atomic mass is 10.0. The van der Waals surface area contributed by atoms with Gasteiger partial charge in [-0.15, -0.1) is 0 Å². The van der Waals surface area contributed by atoms with Gasteiger partial charge in [-0.1, -0.05) is 12.1 Å². The molecule has 72 valence electrons. The van der Waals surface area contributed by atoms with Gasteiger partial charge in [0.1, 0.15) is 7.05 Å². The quantitative estimate of drug-likeness (QED) is 0.557. The van der Waals surface area contributed by atoms with E-state index in [1.807, 2.05) is 0 Å². The fourth-order valence-electron chi connectivity index (χ4n) is 2.09. The number of pyridine rings is 1. The van der Waals surface area contributed by atoms with Gasteiger partial charge in [0.25, 0.3) is 0 Å². The molecule has 2 rings (SSSR count). The first-order chi connectivity index (χ1) is 6.61. The summed E-state index contributed by atoms with van der Waals surface area (Å²) in [5, 5.41) is 1.40. The van der Waals surface area contributed by atoms with E-state index in [-0.39, 0.29) is 0 Å². The lowest BCUT2D eigenvalue weighted by molar-refractivity contribution is -0.645. The Morgan fingerprint density at radius 3 is 2.43 bits per heavy atom. The van der Waals surface area contributed by atoms with Crippen LogP contribution in [0.5, 0.6) is 0 Å². The highest BCUT2D eigenvalue weighted by Gasteiger charge is 2.11. The molecule has 1 heterocycles. The maximum atomic E-state index is 2.20. The largest absolute Gasteiger partial charge is 0.212 e. The van der Waals surface area contributed by atoms with Crippen molar-refractivity contribution >= 4 is 10.9 Å². The molecule has 14 heavy (non-hydrogen) atoms. The summed E-state index contributed by atoms with van der Waals surface area (Å²) in [5.74, 6) is 0. The number of hydrogen-bond donors (Lipinski definition) is 0. The van der Waals surface area contributed by atoms with Crippen LogP contribution in [0.2, 0.25) is 0 Å². The number of hydrogen-bond acceptors (Lipinski definition) is 0. The maximum absolute atomic E-state index is 2.20. The topological polar surface area (TPSA) is 3.88 Å². The second-order valence-electron chi connectivity index (χ2n) is 4.02. The van der Waals surface area contributed by atoms with Gasteiger partial charge >= 0.3 is 0 Å². The molecular weight excluding hydrogens is 170 g/mol. The molecule has 0 atom stereocenters. The second-order valence-corrected chi connectivity index (χ2v) is 4.02. The van der Waals surface area contributed by atoms with Gasteiger partial charge in [0.05, 0.1) is 5.39 Å². The van der Waals surface area contributed by atoms with E-state index in [9.17, 15) is 0 Å². The predicted octanol–water partition coefficient (Wildman–Crippen LogP) is 2.59. The Bertz CT molecular complexity index is 498. The first-order valence-corrected chi connectivity index (χ1v) is 4.96. The molecule has 0 aliphatic heterocycles. The third-order valence-corrected chi connectivity index (χ3v) is 2.98. The summed E-state index contributed by atoms with van der Waals surface area (Å²) >= 11 is 0. The van der Waals surface area contributed by atoms with E-state index >= 15 is 0 Å². The molecular formula is C13H16N+. The van der Waals surface area contributed by atoms with Crippen LogP contribution in [-0.2, 0) is 7.05 Å². The predicted molar refractivity (Wildman–Crippen MR) is 59.3 cm³/mol. The Kier molecular flexibility index (Phi) is 2.03. The Morgan fingerprint density at radius 1 is 1.00 bits per heavy atom. The van der Waals surface area contributed by atoms with Crippen LogP contribution in [-0.4, -0.2) is 0 Å². The SMILES string of the molecule is Cc1c[n+](C)c2cccc(C)c2c1C. The van der Waals surface area contributed by atoms with Crippen molar-refractivity contribution in [2.75, 3.05) is 0 Å². The minimum atomic E-state index is 1.31. The first-order valence-electron chi connectivity index (χ1n) is 4.96. The molecule has 0 amide bonds. The van der Waals surface area contributed by atoms with Crippen molar-refractivity contribution in [1.29, 1.82) is 0 Å². The summed E-state index contributed by atoms with van der Waals surface area (Å²) in [6.45, 7) is 6.54. The number of nitrogens with zero attached hydrogens (tertiary/aromatic N) is 1. The summed E-state index contributed by atoms with van der Waals surface area (Å²) in [6, 6.07) is 6.47. The minimum Gasteiger partial charge on any atom is -0.201 e. The van der Waals surface area contributed by atoms with Crippen molar-refractivity contribution in [3.63, 3.8) is 0 Å². The molecule has 0 unspecified atom stereocenters. The number of aryl methyl sites for hydroxylation is 4. The van der Waals surface area contributed by atoms with E-state index in [1.165, 1.54) is 27.6 Å². The average Bonchev–Trinajstić information content (AvgIpc) is 2.14. The van der Waals surface area contributed by atoms with Gasteiger partial charge in [0, 0.05) is 11.6 Å². The molecule has 1 heteroatoms. The summed E-state index contributed by atoms with van der Waals surface area (Å²) < 4.78 is 2.20. The van der Waals surface area contributed by atoms with Crippen molar-refractivity contribution in [1.82, 2.24) is 0 Å². The van der Waals surface area contributed by atoms with Crippen LogP contribution in [0, 0.1) is 20.8 Å². The van der Waals surface area contributed by atoms with E-state index in [0.717, 1.165) is 0 Å². The van der Waals surface area contributed by atoms with Gasteiger partial charge in [0.15, 0.2) is 6.20 Å². The van der Waals surface area contributed by atoms with Crippen LogP contribution in [0.4, 0.5) is 0 Å². The first kappa shape index (κ1) is 9.20. The zero-order valence-electron chi connectivity index (χ0n) is 9.26. The molecule has 0 N–H and O–H groups in total. The van der Waals surface area contributed by atoms with Gasteiger partial charge in [-0.25, -0.2) is 4.57 Å². The highest BCUT2D eigenvalue weighted by atomic mass is 14.9. The van der Waals surface area contributed by atoms with Crippen molar-refractivity contribution in [3.05, 3.63) is 41.1 Å². The molecule has 0 aliphatic rings. The van der Waals surface area contributed by atoms with Gasteiger partial charge in [-0.3, -0.25) is 0 Å². The Balaban J connectivity index is 3.03. The molecule has 0 bridgehead atoms. The normalized spacial score (nSPS) is 10.9. The van der Waals surface area contributed by atoms with E-state index in [0.29, 0.717) is 0 Å². The van der Waals surface area contributed by atoms with Crippen molar-refractivity contribution in [2.24, 2.45) is 7.05 Å². The standard InChI is InChI=1S/C13H16N/c1-9-6-5-7-12-13(9)11(3)10(2)8-14(12)4/h5-8H,1-4H3/q+1. The smallest absolute Gasteiger partial charge is 0.201 e. The fourth-order valence-corrected chi connectivity index (χ4v) is 2.09. The van der Waals surface area contributed by atoms with E-state index < -0.39 is 0 Å². The molecule has 0 saturated heterocycles. The second kappa shape index (κ2) is 3.09. The van der Waals surface area contributed by atoms with Crippen LogP contribution in [0.1, 0.15) is 16.7 Å². The fraction of sp³-hybridized carbons (Fsp3) is 0.308. The van der Waals surface area contributed by atoms with E-state index in [2.05, 4.69) is 56.8 Å². The number of fused-ring (bicyclic) bond motifs is 1. The monoisotopic (exact) mass is 186 g/mol. The maximum Gasteiger partial charge on any atom is 0.212 e. The Morgan fingerprint density at radius 2 is 1.71 bits per heavy atom. The van der Waals surface area contributed by atoms with Gasteiger partial charge < -0.3 is 0 Å². The lowest BCUT2D eigenvalue weighted by Crippen LogP contribution is -2.29. The van der Waals surface area contributed by atoms with Crippen molar-refractivity contribution in [2.45, 2.75) is 20.8 Å². The molecule has 1 nitrogen and oxygen atoms in total. The van der Waals surface area contributed by atoms with Crippen LogP contribution >= 0.6 is 0 Å². The van der Waals surface area contributed by atoms with Gasteiger partial charge in [-0.05, 0) is 31.9 Å². The van der Waals surface area contributed by atoms with Gasteiger partial charge in [0.2, 0.25) is 5.52 Å². The summed E-state index contributed by atoms with van der Waals surface area (Å²) in [4.78, 5) is 0. The molecule has 0 spiro atoms. The molecule has 2 aromatic rings. The molecule has 0 radical (unpaired) electrons. The summed E-state index contributed by atoms with van der Waals surface area (Å²) in [7, 11) is 2.11. The van der Waals surface area contributed by atoms with Gasteiger partial charge in [-0.2, -0.15) is 0 Å². The van der Waals surface area contributed by atoms with E-state index in [1.54, 1.807) is 0 Å². The third-order valence-electron chi connectivity index (χ3n) is 2.98. The van der Waals surface area contributed by atoms with Crippen LogP contribution in [0.15, 0.2) is 24.4 Å². The highest BCUT2D eigenvalue weighted by Crippen LogP contribution is 2.21. The van der Waals surface area contributed by atoms with Crippen molar-refractivity contribution < 1.29 is 4.57 Å². The number of benzene rings is 1. The Labute approximate surface area is 85.0 Å². The van der Waals surface area contributed by atoms with Crippen LogP contribution in [0.3, 0.4) is 0 Å². The van der Waals surface area contributed by atoms with Crippen LogP contribution < -0.4 is 4.57 Å². The number of aromatic nitrogens is 1. The van der Waals surface area contributed by atoms with Crippen molar-refractivity contribution in [3.8, 4) is 0 Å². The molecule has 1 aromatic heterocycles. The third kappa shape index (κ3) is 1.20. The Hall–Kier alpha value is -1.37. The molecule has 0 saturated carbocycles. The zero-order valence-corrected chi connectivity index (χ0v) is 9.26. The molecule has 0 aliphatic carbocycles. The highest BCUT2D eigenvalue weighted by molar-refractivity contribution is 5.83. The molecule has 0 fully saturated rings. The zero-order chi connectivity index (χ0) is 10.3. The average molecular weight is 186 g/mol. The summed E-state index contributed by atoms with van der Waals surface area (Å²) in [6.07, 6.45) is 2.19. The molecule has 1 aromatic carbocycles. The van der Waals surface area contributed by atoms with E-state index in [4.69, 9.17) is 0 Å². The number of rotatable bonds is 0. The van der Waals surface area contributed by atoms with Crippen LogP contribution in [0.25, 0.3) is 10.9 Å². The lowest BCUT2D eigenvalue weighted by Gasteiger charge is -2.06. The summed E-state index contributed by atoms with van der Waals surface area (Å²) in [5.41, 5.74) is 5.43.